The molecule has 3 rings (SSSR count). The molecule has 0 bridgehead atoms. The lowest BCUT2D eigenvalue weighted by molar-refractivity contribution is -0.155. The molecule has 6 nitrogen and oxygen atoms in total. The van der Waals surface area contributed by atoms with Crippen molar-refractivity contribution in [3.8, 4) is 0 Å². The van der Waals surface area contributed by atoms with Crippen LogP contribution in [-0.4, -0.2) is 41.4 Å². The number of ether oxygens (including phenoxy) is 1. The zero-order chi connectivity index (χ0) is 18.4. The summed E-state index contributed by atoms with van der Waals surface area (Å²) in [5.74, 6) is -2.34. The van der Waals surface area contributed by atoms with Gasteiger partial charge in [-0.3, -0.25) is 24.6 Å². The summed E-state index contributed by atoms with van der Waals surface area (Å²) >= 11 is 0. The maximum atomic E-state index is 12.9. The summed E-state index contributed by atoms with van der Waals surface area (Å²) in [6, 6.07) is 7.33. The minimum absolute atomic E-state index is 0.216. The minimum atomic E-state index is -1.22. The Kier molecular flexibility index (Phi) is 4.41. The molecule has 2 fully saturated rings. The molecule has 1 aromatic rings. The molecule has 0 unspecified atom stereocenters. The average Bonchev–Trinajstić information content (AvgIpc) is 3.03. The second kappa shape index (κ2) is 6.26. The van der Waals surface area contributed by atoms with Crippen molar-refractivity contribution in [2.24, 2.45) is 11.8 Å². The highest BCUT2D eigenvalue weighted by Crippen LogP contribution is 2.49. The van der Waals surface area contributed by atoms with Crippen molar-refractivity contribution >= 4 is 17.8 Å². The zero-order valence-electron chi connectivity index (χ0n) is 15.0. The van der Waals surface area contributed by atoms with Crippen molar-refractivity contribution in [2.75, 3.05) is 13.2 Å². The molecule has 2 aliphatic rings. The first-order chi connectivity index (χ1) is 11.9. The molecule has 25 heavy (non-hydrogen) atoms. The predicted octanol–water partition coefficient (Wildman–Crippen LogP) is 1.58. The number of likely N-dealkylation sites (tertiary alicyclic amines) is 1. The zero-order valence-corrected chi connectivity index (χ0v) is 15.0. The lowest BCUT2D eigenvalue weighted by Gasteiger charge is -2.29. The highest BCUT2D eigenvalue weighted by Gasteiger charge is 2.66. The number of hydrogen-bond donors (Lipinski definition) is 1. The molecule has 2 aliphatic heterocycles. The number of nitrogens with one attached hydrogen (secondary N) is 1. The molecule has 6 heteroatoms. The molecular formula is C19H24N2O4. The van der Waals surface area contributed by atoms with E-state index in [1.807, 2.05) is 31.2 Å². The van der Waals surface area contributed by atoms with Crippen LogP contribution in [0.4, 0.5) is 0 Å². The number of amides is 2. The van der Waals surface area contributed by atoms with Crippen LogP contribution in [0.1, 0.15) is 37.9 Å². The van der Waals surface area contributed by atoms with Crippen LogP contribution in [0.5, 0.6) is 0 Å². The lowest BCUT2D eigenvalue weighted by atomic mass is 9.80. The fourth-order valence-corrected chi connectivity index (χ4v) is 4.18. The molecular weight excluding hydrogens is 320 g/mol. The number of hydrogen-bond acceptors (Lipinski definition) is 5. The summed E-state index contributed by atoms with van der Waals surface area (Å²) in [4.78, 5) is 39.7. The smallest absolute Gasteiger partial charge is 0.326 e. The first kappa shape index (κ1) is 17.6. The van der Waals surface area contributed by atoms with Gasteiger partial charge in [0.2, 0.25) is 11.8 Å². The Morgan fingerprint density at radius 1 is 1.24 bits per heavy atom. The van der Waals surface area contributed by atoms with Crippen LogP contribution < -0.4 is 5.32 Å². The molecule has 0 aliphatic carbocycles. The van der Waals surface area contributed by atoms with Crippen LogP contribution >= 0.6 is 0 Å². The van der Waals surface area contributed by atoms with Gasteiger partial charge < -0.3 is 4.74 Å². The van der Waals surface area contributed by atoms with Crippen LogP contribution in [0.15, 0.2) is 24.3 Å². The topological polar surface area (TPSA) is 75.7 Å². The van der Waals surface area contributed by atoms with Gasteiger partial charge >= 0.3 is 5.97 Å². The maximum Gasteiger partial charge on any atom is 0.326 e. The van der Waals surface area contributed by atoms with Crippen LogP contribution in [0.25, 0.3) is 0 Å². The normalized spacial score (nSPS) is 31.4. The summed E-state index contributed by atoms with van der Waals surface area (Å²) in [5, 5.41) is 3.27. The third kappa shape index (κ3) is 2.47. The Morgan fingerprint density at radius 3 is 2.52 bits per heavy atom. The van der Waals surface area contributed by atoms with Gasteiger partial charge in [0.05, 0.1) is 18.4 Å². The number of carbonyl (C=O) groups excluding carboxylic acids is 3. The van der Waals surface area contributed by atoms with Gasteiger partial charge in [0.15, 0.2) is 0 Å². The number of rotatable bonds is 4. The molecule has 2 saturated heterocycles. The van der Waals surface area contributed by atoms with Gasteiger partial charge in [0.25, 0.3) is 0 Å². The molecule has 0 spiro atoms. The van der Waals surface area contributed by atoms with Gasteiger partial charge in [-0.25, -0.2) is 0 Å². The van der Waals surface area contributed by atoms with Crippen LogP contribution in [0.2, 0.25) is 0 Å². The number of benzene rings is 1. The fraction of sp³-hybridized carbons (Fsp3) is 0.526. The van der Waals surface area contributed by atoms with Crippen LogP contribution in [0, 0.1) is 18.8 Å². The number of nitrogens with zero attached hydrogens (tertiary/aromatic N) is 1. The van der Waals surface area contributed by atoms with Gasteiger partial charge in [0, 0.05) is 12.6 Å². The van der Waals surface area contributed by atoms with Crippen molar-refractivity contribution < 1.29 is 19.1 Å². The van der Waals surface area contributed by atoms with E-state index in [1.54, 1.807) is 20.8 Å². The predicted molar refractivity (Wildman–Crippen MR) is 91.5 cm³/mol. The molecule has 0 saturated carbocycles. The minimum Gasteiger partial charge on any atom is -0.465 e. The quantitative estimate of drug-likeness (QED) is 0.663. The first-order valence-corrected chi connectivity index (χ1v) is 8.72. The maximum absolute atomic E-state index is 12.9. The first-order valence-electron chi connectivity index (χ1n) is 8.72. The number of esters is 1. The summed E-state index contributed by atoms with van der Waals surface area (Å²) in [5.41, 5.74) is 0.733. The molecule has 134 valence electrons. The van der Waals surface area contributed by atoms with Crippen molar-refractivity contribution in [1.82, 2.24) is 10.2 Å². The van der Waals surface area contributed by atoms with E-state index in [4.69, 9.17) is 4.74 Å². The van der Waals surface area contributed by atoms with E-state index >= 15 is 0 Å². The number of aryl methyl sites for hydroxylation is 1. The third-order valence-electron chi connectivity index (χ3n) is 5.42. The number of fused-ring (bicyclic) bond motifs is 1. The Labute approximate surface area is 147 Å². The van der Waals surface area contributed by atoms with Crippen molar-refractivity contribution in [3.63, 3.8) is 0 Å². The van der Waals surface area contributed by atoms with Gasteiger partial charge in [-0.1, -0.05) is 24.3 Å². The van der Waals surface area contributed by atoms with Gasteiger partial charge in [-0.05, 0) is 38.8 Å². The molecule has 2 amide bonds. The lowest BCUT2D eigenvalue weighted by Crippen LogP contribution is -2.54. The summed E-state index contributed by atoms with van der Waals surface area (Å²) in [6.07, 6.45) is 0. The van der Waals surface area contributed by atoms with E-state index in [1.165, 1.54) is 4.90 Å². The van der Waals surface area contributed by atoms with E-state index in [0.29, 0.717) is 6.54 Å². The van der Waals surface area contributed by atoms with E-state index in [9.17, 15) is 14.4 Å². The average molecular weight is 344 g/mol. The molecule has 2 heterocycles. The number of imide groups is 1. The van der Waals surface area contributed by atoms with Gasteiger partial charge in [0.1, 0.15) is 5.54 Å². The second-order valence-corrected chi connectivity index (χ2v) is 6.83. The summed E-state index contributed by atoms with van der Waals surface area (Å²) in [6.45, 7) is 7.67. The van der Waals surface area contributed by atoms with Crippen molar-refractivity contribution in [2.45, 2.75) is 39.3 Å². The van der Waals surface area contributed by atoms with E-state index < -0.39 is 29.4 Å². The fourth-order valence-electron chi connectivity index (χ4n) is 4.18. The van der Waals surface area contributed by atoms with E-state index in [0.717, 1.165) is 11.1 Å². The highest BCUT2D eigenvalue weighted by atomic mass is 16.5. The van der Waals surface area contributed by atoms with Gasteiger partial charge in [-0.2, -0.15) is 0 Å². The highest BCUT2D eigenvalue weighted by molar-refractivity contribution is 6.09. The summed E-state index contributed by atoms with van der Waals surface area (Å²) < 4.78 is 5.22. The van der Waals surface area contributed by atoms with Crippen molar-refractivity contribution in [3.05, 3.63) is 35.4 Å². The number of carbonyl (C=O) groups is 3. The molecule has 0 radical (unpaired) electrons. The molecule has 4 atom stereocenters. The van der Waals surface area contributed by atoms with E-state index in [-0.39, 0.29) is 18.4 Å². The molecule has 1 N–H and O–H groups in total. The standard InChI is InChI=1S/C19H24N2O4/c1-5-21-16(22)13-14(17(21)23)19(4,18(24)25-6-2)20-15(13)12-10-8-7-9-11(12)3/h7-10,13-15,20H,5-6H2,1-4H3/t13-,14+,15+,19-/m1/s1. The van der Waals surface area contributed by atoms with Crippen LogP contribution in [0.3, 0.4) is 0 Å². The Hall–Kier alpha value is -2.21. The van der Waals surface area contributed by atoms with Crippen LogP contribution in [-0.2, 0) is 19.1 Å². The SMILES string of the molecule is CCOC(=O)[C@]1(C)N[C@@H](c2ccccc2C)[C@@H]2C(=O)N(CC)C(=O)[C@H]21. The monoisotopic (exact) mass is 344 g/mol. The molecule has 0 aromatic heterocycles. The van der Waals surface area contributed by atoms with Gasteiger partial charge in [-0.15, -0.1) is 0 Å². The summed E-state index contributed by atoms with van der Waals surface area (Å²) in [7, 11) is 0. The van der Waals surface area contributed by atoms with Crippen molar-refractivity contribution in [1.29, 1.82) is 0 Å². The van der Waals surface area contributed by atoms with E-state index in [2.05, 4.69) is 5.32 Å². The Balaban J connectivity index is 2.11. The third-order valence-corrected chi connectivity index (χ3v) is 5.42. The Morgan fingerprint density at radius 2 is 1.92 bits per heavy atom. The largest absolute Gasteiger partial charge is 0.465 e. The molecule has 1 aromatic carbocycles. The Bertz CT molecular complexity index is 732. The second-order valence-electron chi connectivity index (χ2n) is 6.83.